The number of aryl methyl sites for hydroxylation is 1. The zero-order chi connectivity index (χ0) is 39.7. The minimum atomic E-state index is -0.356. The van der Waals surface area contributed by atoms with E-state index in [0.29, 0.717) is 85.8 Å². The summed E-state index contributed by atoms with van der Waals surface area (Å²) in [6.07, 6.45) is 12.4. The second-order valence-electron chi connectivity index (χ2n) is 16.6. The quantitative estimate of drug-likeness (QED) is 0.108. The van der Waals surface area contributed by atoms with Crippen LogP contribution in [0.3, 0.4) is 0 Å². The number of nitrogens with one attached hydrogen (secondary N) is 3. The van der Waals surface area contributed by atoms with Gasteiger partial charge in [-0.05, 0) is 117 Å². The Bertz CT molecular complexity index is 2230. The van der Waals surface area contributed by atoms with Crippen LogP contribution in [0.15, 0.2) is 72.2 Å². The molecule has 0 radical (unpaired) electrons. The first-order chi connectivity index (χ1) is 27.6. The Balaban J connectivity index is 0.859. The molecule has 0 atom stereocenters. The number of pyridine rings is 1. The van der Waals surface area contributed by atoms with E-state index >= 15 is 0 Å². The molecule has 3 N–H and O–H groups in total. The molecule has 4 aliphatic carbocycles. The van der Waals surface area contributed by atoms with Gasteiger partial charge in [-0.2, -0.15) is 4.98 Å². The van der Waals surface area contributed by atoms with E-state index in [9.17, 15) is 19.2 Å². The molecule has 13 heteroatoms. The van der Waals surface area contributed by atoms with Crippen molar-refractivity contribution < 1.29 is 19.1 Å². The Kier molecular flexibility index (Phi) is 10.7. The molecule has 2 aromatic carbocycles. The number of amides is 3. The lowest BCUT2D eigenvalue weighted by Crippen LogP contribution is -2.49. The maximum absolute atomic E-state index is 13.4. The lowest BCUT2D eigenvalue weighted by Gasteiger charge is -2.56. The largest absolute Gasteiger partial charge is 0.494 e. The summed E-state index contributed by atoms with van der Waals surface area (Å²) in [7, 11) is 1.60. The van der Waals surface area contributed by atoms with Gasteiger partial charge in [0.25, 0.3) is 5.56 Å². The van der Waals surface area contributed by atoms with Crippen LogP contribution in [0.2, 0.25) is 0 Å². The number of fused-ring (bicyclic) bond motifs is 1. The normalized spacial score (nSPS) is 22.3. The zero-order valence-corrected chi connectivity index (χ0v) is 32.9. The highest BCUT2D eigenvalue weighted by atomic mass is 16.5. The Morgan fingerprint density at radius 1 is 0.965 bits per heavy atom. The van der Waals surface area contributed by atoms with Crippen LogP contribution in [0.25, 0.3) is 16.7 Å². The number of methoxy groups -OCH3 is 1. The van der Waals surface area contributed by atoms with Gasteiger partial charge in [-0.25, -0.2) is 4.98 Å². The number of nitrogens with zero attached hydrogens (tertiary/aromatic N) is 5. The molecule has 0 spiro atoms. The van der Waals surface area contributed by atoms with Crippen LogP contribution in [0, 0.1) is 30.1 Å². The summed E-state index contributed by atoms with van der Waals surface area (Å²) in [5, 5.41) is 9.84. The second kappa shape index (κ2) is 16.0. The number of carbonyl (C=O) groups excluding carboxylic acids is 3. The van der Waals surface area contributed by atoms with E-state index in [2.05, 4.69) is 32.4 Å². The van der Waals surface area contributed by atoms with Crippen molar-refractivity contribution in [2.45, 2.75) is 64.7 Å². The van der Waals surface area contributed by atoms with Crippen LogP contribution in [-0.2, 0) is 14.4 Å². The second-order valence-corrected chi connectivity index (χ2v) is 16.6. The Morgan fingerprint density at radius 3 is 2.40 bits per heavy atom. The summed E-state index contributed by atoms with van der Waals surface area (Å²) in [6.45, 7) is 8.51. The molecule has 2 aromatic heterocycles. The van der Waals surface area contributed by atoms with E-state index in [0.717, 1.165) is 29.0 Å². The van der Waals surface area contributed by atoms with Crippen molar-refractivity contribution in [3.8, 4) is 11.4 Å². The van der Waals surface area contributed by atoms with Crippen molar-refractivity contribution in [1.82, 2.24) is 24.8 Å². The standard InChI is InChI=1S/C44H52N8O5/c1-4-38(53)47-32-7-5-8-34(21-32)52-41(56)17-28(2)35-27-46-43(49-42(35)52)48-36-11-10-33(22-37(36)57-3)50-13-15-51(16-14-50)40(55)9-6-12-45-39(54)26-44-23-29-18-30(24-44)20-31(19-29)25-44/h4-5,7-8,10-11,17,21-22,27,29-31H,1,6,9,12-16,18-20,23-26H2,2-3H3,(H,45,54)(H,47,53)(H,46,48,49). The summed E-state index contributed by atoms with van der Waals surface area (Å²) >= 11 is 0. The molecule has 4 saturated carbocycles. The van der Waals surface area contributed by atoms with Crippen LogP contribution in [-0.4, -0.2) is 77.0 Å². The summed E-state index contributed by atoms with van der Waals surface area (Å²) in [6, 6.07) is 14.4. The highest BCUT2D eigenvalue weighted by molar-refractivity contribution is 5.99. The first-order valence-corrected chi connectivity index (χ1v) is 20.3. The van der Waals surface area contributed by atoms with Gasteiger partial charge in [-0.15, -0.1) is 0 Å². The average molecular weight is 773 g/mol. The predicted molar refractivity (Wildman–Crippen MR) is 221 cm³/mol. The molecule has 5 fully saturated rings. The van der Waals surface area contributed by atoms with E-state index in [1.54, 1.807) is 37.6 Å². The third-order valence-electron chi connectivity index (χ3n) is 12.5. The fourth-order valence-corrected chi connectivity index (χ4v) is 10.3. The number of hydrogen-bond donors (Lipinski definition) is 3. The van der Waals surface area contributed by atoms with Crippen LogP contribution in [0.4, 0.5) is 23.0 Å². The third-order valence-corrected chi connectivity index (χ3v) is 12.5. The molecule has 5 aliphatic rings. The molecule has 0 unspecified atom stereocenters. The number of anilines is 4. The van der Waals surface area contributed by atoms with Gasteiger partial charge in [0, 0.05) is 80.7 Å². The van der Waals surface area contributed by atoms with Crippen LogP contribution >= 0.6 is 0 Å². The Hall–Kier alpha value is -5.72. The molecule has 298 valence electrons. The van der Waals surface area contributed by atoms with Gasteiger partial charge in [0.2, 0.25) is 23.7 Å². The summed E-state index contributed by atoms with van der Waals surface area (Å²) in [4.78, 5) is 64.8. The molecule has 1 aliphatic heterocycles. The molecule has 57 heavy (non-hydrogen) atoms. The van der Waals surface area contributed by atoms with Gasteiger partial charge in [-0.3, -0.25) is 23.7 Å². The van der Waals surface area contributed by atoms with Crippen LogP contribution in [0.1, 0.15) is 63.4 Å². The number of rotatable bonds is 13. The molecule has 1 saturated heterocycles. The summed E-state index contributed by atoms with van der Waals surface area (Å²) in [5.41, 5.74) is 3.78. The zero-order valence-electron chi connectivity index (χ0n) is 32.9. The van der Waals surface area contributed by atoms with Crippen molar-refractivity contribution in [2.24, 2.45) is 23.2 Å². The third kappa shape index (κ3) is 8.24. The van der Waals surface area contributed by atoms with Crippen LogP contribution < -0.4 is 31.1 Å². The minimum Gasteiger partial charge on any atom is -0.494 e. The van der Waals surface area contributed by atoms with Crippen molar-refractivity contribution in [2.75, 3.05) is 55.4 Å². The first-order valence-electron chi connectivity index (χ1n) is 20.3. The van der Waals surface area contributed by atoms with Gasteiger partial charge in [0.05, 0.1) is 18.5 Å². The molecular formula is C44H52N8O5. The SMILES string of the molecule is C=CC(=O)Nc1cccc(-n2c(=O)cc(C)c3cnc(Nc4ccc(N5CCN(C(=O)CCCNC(=O)CC67CC8CC(CC(C8)C6)C7)CC5)cc4OC)nc32)c1. The summed E-state index contributed by atoms with van der Waals surface area (Å²) in [5.74, 6) is 3.31. The molecular weight excluding hydrogens is 721 g/mol. The van der Waals surface area contributed by atoms with Gasteiger partial charge in [0.1, 0.15) is 5.75 Å². The van der Waals surface area contributed by atoms with E-state index in [1.807, 2.05) is 30.0 Å². The molecule has 4 aromatic rings. The average Bonchev–Trinajstić information content (AvgIpc) is 3.19. The Labute approximate surface area is 332 Å². The monoisotopic (exact) mass is 772 g/mol. The Morgan fingerprint density at radius 2 is 1.70 bits per heavy atom. The topological polar surface area (TPSA) is 151 Å². The van der Waals surface area contributed by atoms with E-state index in [-0.39, 0.29) is 34.6 Å². The lowest BCUT2D eigenvalue weighted by molar-refractivity contribution is -0.132. The smallest absolute Gasteiger partial charge is 0.257 e. The highest BCUT2D eigenvalue weighted by Crippen LogP contribution is 2.61. The maximum atomic E-state index is 13.4. The first kappa shape index (κ1) is 38.2. The summed E-state index contributed by atoms with van der Waals surface area (Å²) < 4.78 is 7.28. The van der Waals surface area contributed by atoms with E-state index in [4.69, 9.17) is 9.72 Å². The van der Waals surface area contributed by atoms with E-state index in [1.165, 1.54) is 55.2 Å². The minimum absolute atomic E-state index is 0.130. The highest BCUT2D eigenvalue weighted by Gasteiger charge is 2.51. The van der Waals surface area contributed by atoms with E-state index < -0.39 is 0 Å². The predicted octanol–water partition coefficient (Wildman–Crippen LogP) is 6.12. The number of benzene rings is 2. The molecule has 13 nitrogen and oxygen atoms in total. The molecule has 3 amide bonds. The van der Waals surface area contributed by atoms with Crippen molar-refractivity contribution in [3.05, 3.63) is 83.3 Å². The van der Waals surface area contributed by atoms with Gasteiger partial charge in [0.15, 0.2) is 5.65 Å². The van der Waals surface area contributed by atoms with Crippen molar-refractivity contribution >= 4 is 51.8 Å². The number of aromatic nitrogens is 3. The number of carbonyl (C=O) groups is 3. The molecule has 3 heterocycles. The number of piperazine rings is 1. The van der Waals surface area contributed by atoms with Gasteiger partial charge >= 0.3 is 0 Å². The molecule has 4 bridgehead atoms. The van der Waals surface area contributed by atoms with Crippen LogP contribution in [0.5, 0.6) is 5.75 Å². The fraction of sp³-hybridized carbons (Fsp3) is 0.455. The van der Waals surface area contributed by atoms with Gasteiger partial charge < -0.3 is 30.5 Å². The number of ether oxygens (including phenoxy) is 1. The van der Waals surface area contributed by atoms with Crippen molar-refractivity contribution in [1.29, 1.82) is 0 Å². The van der Waals surface area contributed by atoms with Crippen molar-refractivity contribution in [3.63, 3.8) is 0 Å². The number of hydrogen-bond acceptors (Lipinski definition) is 9. The lowest BCUT2D eigenvalue weighted by atomic mass is 9.49. The molecule has 9 rings (SSSR count). The fourth-order valence-electron chi connectivity index (χ4n) is 10.3. The van der Waals surface area contributed by atoms with Gasteiger partial charge in [-0.1, -0.05) is 12.6 Å². The maximum Gasteiger partial charge on any atom is 0.257 e.